The fraction of sp³-hybridized carbons (Fsp3) is 0.333. The van der Waals surface area contributed by atoms with Crippen molar-refractivity contribution >= 4 is 17.4 Å². The Labute approximate surface area is 102 Å². The molecule has 0 atom stereocenters. The van der Waals surface area contributed by atoms with Gasteiger partial charge in [-0.1, -0.05) is 0 Å². The first-order chi connectivity index (χ1) is 8.28. The molecule has 3 nitrogen and oxygen atoms in total. The van der Waals surface area contributed by atoms with Crippen LogP contribution in [0.1, 0.15) is 30.1 Å². The third kappa shape index (κ3) is 4.99. The van der Waals surface area contributed by atoms with Crippen molar-refractivity contribution in [3.63, 3.8) is 0 Å². The van der Waals surface area contributed by atoms with E-state index < -0.39 is 24.8 Å². The van der Waals surface area contributed by atoms with Crippen molar-refractivity contribution in [2.75, 3.05) is 5.32 Å². The average Bonchev–Trinajstić information content (AvgIpc) is 2.25. The molecule has 6 heteroatoms. The number of Topliss-reactive ketones (excluding diaryl/α,β-unsaturated/α-hetero) is 1. The largest absolute Gasteiger partial charge is 0.389 e. The first-order valence-electron chi connectivity index (χ1n) is 5.25. The molecule has 98 valence electrons. The number of amides is 1. The molecule has 1 amide bonds. The maximum atomic E-state index is 11.9. The summed E-state index contributed by atoms with van der Waals surface area (Å²) < 4.78 is 35.8. The smallest absolute Gasteiger partial charge is 0.326 e. The number of rotatable bonds is 4. The van der Waals surface area contributed by atoms with Crippen LogP contribution in [0.2, 0.25) is 0 Å². The SMILES string of the molecule is CC(=O)Nc1ccc(C(=O)CCC(F)(F)F)cc1. The van der Waals surface area contributed by atoms with Crippen LogP contribution in [0.25, 0.3) is 0 Å². The average molecular weight is 259 g/mol. The summed E-state index contributed by atoms with van der Waals surface area (Å²) in [7, 11) is 0. The van der Waals surface area contributed by atoms with Gasteiger partial charge in [0.25, 0.3) is 0 Å². The Morgan fingerprint density at radius 2 is 1.72 bits per heavy atom. The van der Waals surface area contributed by atoms with Crippen molar-refractivity contribution in [2.45, 2.75) is 25.9 Å². The van der Waals surface area contributed by atoms with E-state index in [-0.39, 0.29) is 11.5 Å². The highest BCUT2D eigenvalue weighted by molar-refractivity contribution is 5.97. The number of alkyl halides is 3. The molecular weight excluding hydrogens is 247 g/mol. The molecule has 0 fully saturated rings. The molecule has 0 aliphatic rings. The van der Waals surface area contributed by atoms with Gasteiger partial charge in [0.2, 0.25) is 5.91 Å². The predicted molar refractivity (Wildman–Crippen MR) is 60.4 cm³/mol. The Morgan fingerprint density at radius 3 is 2.17 bits per heavy atom. The summed E-state index contributed by atoms with van der Waals surface area (Å²) in [4.78, 5) is 22.2. The Kier molecular flexibility index (Phi) is 4.47. The van der Waals surface area contributed by atoms with Crippen LogP contribution in [0, 0.1) is 0 Å². The third-order valence-electron chi connectivity index (χ3n) is 2.16. The fourth-order valence-corrected chi connectivity index (χ4v) is 1.34. The Bertz CT molecular complexity index is 438. The number of benzene rings is 1. The van der Waals surface area contributed by atoms with Gasteiger partial charge in [-0.25, -0.2) is 0 Å². The predicted octanol–water partition coefficient (Wildman–Crippen LogP) is 3.17. The van der Waals surface area contributed by atoms with Gasteiger partial charge in [-0.2, -0.15) is 13.2 Å². The van der Waals surface area contributed by atoms with Gasteiger partial charge in [0.15, 0.2) is 5.78 Å². The summed E-state index contributed by atoms with van der Waals surface area (Å²) >= 11 is 0. The van der Waals surface area contributed by atoms with Crippen molar-refractivity contribution in [3.05, 3.63) is 29.8 Å². The van der Waals surface area contributed by atoms with Crippen LogP contribution in [-0.2, 0) is 4.79 Å². The lowest BCUT2D eigenvalue weighted by Gasteiger charge is -2.06. The number of ketones is 1. The molecule has 1 N–H and O–H groups in total. The third-order valence-corrected chi connectivity index (χ3v) is 2.16. The van der Waals surface area contributed by atoms with E-state index in [9.17, 15) is 22.8 Å². The van der Waals surface area contributed by atoms with Crippen LogP contribution in [0.3, 0.4) is 0 Å². The number of nitrogens with one attached hydrogen (secondary N) is 1. The lowest BCUT2D eigenvalue weighted by molar-refractivity contribution is -0.133. The quantitative estimate of drug-likeness (QED) is 0.844. The van der Waals surface area contributed by atoms with Crippen LogP contribution in [0.4, 0.5) is 18.9 Å². The summed E-state index contributed by atoms with van der Waals surface area (Å²) in [6.07, 6.45) is -6.02. The van der Waals surface area contributed by atoms with Gasteiger partial charge in [0.05, 0.1) is 6.42 Å². The lowest BCUT2D eigenvalue weighted by Crippen LogP contribution is -2.11. The van der Waals surface area contributed by atoms with Crippen molar-refractivity contribution < 1.29 is 22.8 Å². The van der Waals surface area contributed by atoms with Gasteiger partial charge in [-0.15, -0.1) is 0 Å². The second-order valence-corrected chi connectivity index (χ2v) is 3.80. The van der Waals surface area contributed by atoms with Gasteiger partial charge in [0, 0.05) is 24.6 Å². The van der Waals surface area contributed by atoms with Crippen molar-refractivity contribution in [1.82, 2.24) is 0 Å². The van der Waals surface area contributed by atoms with Gasteiger partial charge >= 0.3 is 6.18 Å². The summed E-state index contributed by atoms with van der Waals surface area (Å²) in [5.41, 5.74) is 0.697. The van der Waals surface area contributed by atoms with E-state index in [0.29, 0.717) is 5.69 Å². The maximum Gasteiger partial charge on any atom is 0.389 e. The molecule has 0 saturated heterocycles. The van der Waals surface area contributed by atoms with Crippen molar-refractivity contribution in [2.24, 2.45) is 0 Å². The van der Waals surface area contributed by atoms with E-state index in [1.165, 1.54) is 31.2 Å². The van der Waals surface area contributed by atoms with Gasteiger partial charge < -0.3 is 5.32 Å². The van der Waals surface area contributed by atoms with Crippen LogP contribution < -0.4 is 5.32 Å². The summed E-state index contributed by atoms with van der Waals surface area (Å²) in [6, 6.07) is 5.73. The molecule has 0 aliphatic carbocycles. The van der Waals surface area contributed by atoms with E-state index in [0.717, 1.165) is 0 Å². The highest BCUT2D eigenvalue weighted by atomic mass is 19.4. The summed E-state index contributed by atoms with van der Waals surface area (Å²) in [5.74, 6) is -0.826. The second kappa shape index (κ2) is 5.66. The zero-order chi connectivity index (χ0) is 13.8. The first-order valence-corrected chi connectivity index (χ1v) is 5.25. The molecule has 0 heterocycles. The fourth-order valence-electron chi connectivity index (χ4n) is 1.34. The monoisotopic (exact) mass is 259 g/mol. The van der Waals surface area contributed by atoms with E-state index in [1.807, 2.05) is 0 Å². The molecule has 1 aromatic rings. The molecular formula is C12H12F3NO2. The van der Waals surface area contributed by atoms with Gasteiger partial charge in [-0.05, 0) is 24.3 Å². The molecule has 0 unspecified atom stereocenters. The minimum atomic E-state index is -4.33. The van der Waals surface area contributed by atoms with Gasteiger partial charge in [0.1, 0.15) is 0 Å². The van der Waals surface area contributed by atoms with Crippen molar-refractivity contribution in [1.29, 1.82) is 0 Å². The Hall–Kier alpha value is -1.85. The van der Waals surface area contributed by atoms with Crippen LogP contribution >= 0.6 is 0 Å². The minimum Gasteiger partial charge on any atom is -0.326 e. The number of carbonyl (C=O) groups excluding carboxylic acids is 2. The first kappa shape index (κ1) is 14.2. The molecule has 18 heavy (non-hydrogen) atoms. The number of hydrogen-bond acceptors (Lipinski definition) is 2. The molecule has 1 aromatic carbocycles. The summed E-state index contributed by atoms with van der Waals surface area (Å²) in [5, 5.41) is 2.50. The zero-order valence-corrected chi connectivity index (χ0v) is 9.67. The molecule has 0 radical (unpaired) electrons. The van der Waals surface area contributed by atoms with E-state index in [1.54, 1.807) is 0 Å². The standard InChI is InChI=1S/C12H12F3NO2/c1-8(17)16-10-4-2-9(3-5-10)11(18)6-7-12(13,14)15/h2-5H,6-7H2,1H3,(H,16,17). The zero-order valence-electron chi connectivity index (χ0n) is 9.67. The van der Waals surface area contributed by atoms with E-state index in [2.05, 4.69) is 5.32 Å². The second-order valence-electron chi connectivity index (χ2n) is 3.80. The topological polar surface area (TPSA) is 46.2 Å². The lowest BCUT2D eigenvalue weighted by atomic mass is 10.1. The van der Waals surface area contributed by atoms with Crippen LogP contribution in [0.5, 0.6) is 0 Å². The molecule has 0 spiro atoms. The minimum absolute atomic E-state index is 0.202. The normalized spacial score (nSPS) is 11.1. The molecule has 0 aromatic heterocycles. The Balaban J connectivity index is 2.62. The highest BCUT2D eigenvalue weighted by Crippen LogP contribution is 2.22. The molecule has 0 saturated carbocycles. The number of hydrogen-bond donors (Lipinski definition) is 1. The van der Waals surface area contributed by atoms with Gasteiger partial charge in [-0.3, -0.25) is 9.59 Å². The van der Waals surface area contributed by atoms with E-state index >= 15 is 0 Å². The number of halogens is 3. The van der Waals surface area contributed by atoms with E-state index in [4.69, 9.17) is 0 Å². The van der Waals surface area contributed by atoms with Crippen LogP contribution in [-0.4, -0.2) is 17.9 Å². The van der Waals surface area contributed by atoms with Crippen LogP contribution in [0.15, 0.2) is 24.3 Å². The molecule has 0 aliphatic heterocycles. The Morgan fingerprint density at radius 1 is 1.17 bits per heavy atom. The molecule has 1 rings (SSSR count). The highest BCUT2D eigenvalue weighted by Gasteiger charge is 2.28. The van der Waals surface area contributed by atoms with Crippen molar-refractivity contribution in [3.8, 4) is 0 Å². The number of carbonyl (C=O) groups is 2. The summed E-state index contributed by atoms with van der Waals surface area (Å²) in [6.45, 7) is 1.34. The molecule has 0 bridgehead atoms. The number of anilines is 1. The maximum absolute atomic E-state index is 11.9.